The molecule has 0 aliphatic carbocycles. The smallest absolute Gasteiger partial charge is 0.271 e. The molecule has 0 aliphatic rings. The molecule has 11 heteroatoms. The number of nitrogens with one attached hydrogen (secondary N) is 1. The fourth-order valence-electron chi connectivity index (χ4n) is 2.98. The number of hydrogen-bond donors (Lipinski definition) is 1. The van der Waals surface area contributed by atoms with E-state index in [0.29, 0.717) is 34.0 Å². The van der Waals surface area contributed by atoms with Gasteiger partial charge in [0.05, 0.1) is 15.7 Å². The van der Waals surface area contributed by atoms with Crippen molar-refractivity contribution in [3.05, 3.63) is 81.6 Å². The molecule has 1 heterocycles. The van der Waals surface area contributed by atoms with E-state index in [1.807, 2.05) is 30.5 Å². The molecule has 1 amide bonds. The molecule has 1 unspecified atom stereocenters. The van der Waals surface area contributed by atoms with Gasteiger partial charge in [-0.05, 0) is 37.6 Å². The van der Waals surface area contributed by atoms with E-state index in [0.717, 1.165) is 5.56 Å². The van der Waals surface area contributed by atoms with Crippen molar-refractivity contribution < 1.29 is 14.5 Å². The molecule has 1 aromatic heterocycles. The lowest BCUT2D eigenvalue weighted by Gasteiger charge is -2.17. The van der Waals surface area contributed by atoms with Gasteiger partial charge in [0, 0.05) is 24.4 Å². The van der Waals surface area contributed by atoms with Crippen molar-refractivity contribution in [1.29, 1.82) is 0 Å². The average molecular weight is 488 g/mol. The van der Waals surface area contributed by atoms with E-state index in [9.17, 15) is 14.9 Å². The molecular formula is C22H22ClN5O4S. The van der Waals surface area contributed by atoms with Crippen LogP contribution in [0.3, 0.4) is 0 Å². The zero-order valence-electron chi connectivity index (χ0n) is 18.0. The summed E-state index contributed by atoms with van der Waals surface area (Å²) >= 11 is 7.43. The van der Waals surface area contributed by atoms with Crippen LogP contribution in [0.2, 0.25) is 5.02 Å². The first-order valence-corrected chi connectivity index (χ1v) is 11.3. The van der Waals surface area contributed by atoms with E-state index in [1.54, 1.807) is 18.2 Å². The first-order chi connectivity index (χ1) is 15.8. The topological polar surface area (TPSA) is 112 Å². The Morgan fingerprint density at radius 2 is 2.15 bits per heavy atom. The normalized spacial score (nSPS) is 11.6. The van der Waals surface area contributed by atoms with Crippen LogP contribution >= 0.6 is 23.4 Å². The lowest BCUT2D eigenvalue weighted by atomic mass is 10.2. The van der Waals surface area contributed by atoms with E-state index < -0.39 is 11.0 Å². The van der Waals surface area contributed by atoms with E-state index in [2.05, 4.69) is 22.1 Å². The third kappa shape index (κ3) is 6.33. The summed E-state index contributed by atoms with van der Waals surface area (Å²) in [5.41, 5.74) is 1.26. The van der Waals surface area contributed by atoms with Crippen LogP contribution in [0.1, 0.15) is 24.4 Å². The summed E-state index contributed by atoms with van der Waals surface area (Å²) in [5, 5.41) is 23.0. The Labute approximate surface area is 200 Å². The van der Waals surface area contributed by atoms with E-state index in [4.69, 9.17) is 16.3 Å². The number of hydrogen-bond acceptors (Lipinski definition) is 7. The number of nitro groups is 1. The molecule has 9 nitrogen and oxygen atoms in total. The van der Waals surface area contributed by atoms with Gasteiger partial charge in [0.2, 0.25) is 5.91 Å². The number of nitro benzene ring substituents is 1. The monoisotopic (exact) mass is 487 g/mol. The number of allylic oxidation sites excluding steroid dienone is 1. The second kappa shape index (κ2) is 11.0. The minimum absolute atomic E-state index is 0.0386. The van der Waals surface area contributed by atoms with Gasteiger partial charge in [-0.3, -0.25) is 19.5 Å². The third-order valence-corrected chi connectivity index (χ3v) is 5.76. The second-order valence-corrected chi connectivity index (χ2v) is 8.43. The number of aromatic nitrogens is 3. The second-order valence-electron chi connectivity index (χ2n) is 7.08. The Morgan fingerprint density at radius 1 is 1.36 bits per heavy atom. The number of halogens is 1. The Morgan fingerprint density at radius 3 is 2.88 bits per heavy atom. The average Bonchev–Trinajstić information content (AvgIpc) is 3.18. The van der Waals surface area contributed by atoms with Crippen molar-refractivity contribution in [2.24, 2.45) is 0 Å². The quantitative estimate of drug-likeness (QED) is 0.181. The maximum Gasteiger partial charge on any atom is 0.271 e. The number of thioether (sulfide) groups is 1. The van der Waals surface area contributed by atoms with E-state index >= 15 is 0 Å². The lowest BCUT2D eigenvalue weighted by molar-refractivity contribution is -0.384. The molecule has 1 N–H and O–H groups in total. The van der Waals surface area contributed by atoms with Crippen molar-refractivity contribution in [1.82, 2.24) is 14.8 Å². The van der Waals surface area contributed by atoms with Crippen molar-refractivity contribution in [3.63, 3.8) is 0 Å². The van der Waals surface area contributed by atoms with Crippen LogP contribution in [-0.4, -0.2) is 31.3 Å². The molecule has 3 rings (SSSR count). The zero-order chi connectivity index (χ0) is 24.0. The van der Waals surface area contributed by atoms with Gasteiger partial charge in [0.15, 0.2) is 17.1 Å². The number of non-ortho nitro benzene ring substituents is 1. The minimum Gasteiger partial charge on any atom is -0.481 e. The maximum absolute atomic E-state index is 12.4. The molecule has 2 aromatic carbocycles. The molecule has 0 radical (unpaired) electrons. The van der Waals surface area contributed by atoms with E-state index in [-0.39, 0.29) is 17.3 Å². The highest BCUT2D eigenvalue weighted by molar-refractivity contribution is 7.99. The first-order valence-electron chi connectivity index (χ1n) is 9.92. The summed E-state index contributed by atoms with van der Waals surface area (Å²) in [6.07, 6.45) is 1.25. The predicted octanol–water partition coefficient (Wildman–Crippen LogP) is 5.20. The van der Waals surface area contributed by atoms with Crippen LogP contribution in [0.5, 0.6) is 5.75 Å². The van der Waals surface area contributed by atoms with Gasteiger partial charge in [-0.2, -0.15) is 0 Å². The number of benzene rings is 2. The Kier molecular flexibility index (Phi) is 8.07. The molecular weight excluding hydrogens is 466 g/mol. The molecule has 0 fully saturated rings. The van der Waals surface area contributed by atoms with Crippen molar-refractivity contribution in [3.8, 4) is 5.75 Å². The van der Waals surface area contributed by atoms with Gasteiger partial charge in [-0.25, -0.2) is 0 Å². The Balaban J connectivity index is 1.69. The van der Waals surface area contributed by atoms with Crippen LogP contribution in [0.15, 0.2) is 60.3 Å². The summed E-state index contributed by atoms with van der Waals surface area (Å²) < 4.78 is 7.83. The molecule has 0 spiro atoms. The van der Waals surface area contributed by atoms with Gasteiger partial charge in [0.1, 0.15) is 5.75 Å². The predicted molar refractivity (Wildman–Crippen MR) is 128 cm³/mol. The summed E-state index contributed by atoms with van der Waals surface area (Å²) in [7, 11) is 0. The van der Waals surface area contributed by atoms with Crippen LogP contribution in [0.4, 0.5) is 11.4 Å². The number of aryl methyl sites for hydroxylation is 1. The van der Waals surface area contributed by atoms with Crippen molar-refractivity contribution >= 4 is 40.6 Å². The van der Waals surface area contributed by atoms with Gasteiger partial charge >= 0.3 is 0 Å². The molecule has 33 heavy (non-hydrogen) atoms. The zero-order valence-corrected chi connectivity index (χ0v) is 19.6. The van der Waals surface area contributed by atoms with Gasteiger partial charge in [0.25, 0.3) is 5.69 Å². The molecule has 1 atom stereocenters. The van der Waals surface area contributed by atoms with Crippen LogP contribution < -0.4 is 10.1 Å². The molecule has 0 saturated heterocycles. The number of carbonyl (C=O) groups excluding carboxylic acids is 1. The van der Waals surface area contributed by atoms with Crippen LogP contribution in [0, 0.1) is 17.0 Å². The Hall–Kier alpha value is -3.37. The number of ether oxygens (including phenoxy) is 1. The Bertz CT molecular complexity index is 1180. The number of rotatable bonds is 10. The van der Waals surface area contributed by atoms with Crippen LogP contribution in [-0.2, 0) is 11.3 Å². The maximum atomic E-state index is 12.4. The van der Waals surface area contributed by atoms with Gasteiger partial charge in [-0.15, -0.1) is 16.8 Å². The van der Waals surface area contributed by atoms with Crippen LogP contribution in [0.25, 0.3) is 0 Å². The molecule has 3 aromatic rings. The summed E-state index contributed by atoms with van der Waals surface area (Å²) in [6.45, 7) is 7.99. The highest BCUT2D eigenvalue weighted by atomic mass is 35.5. The highest BCUT2D eigenvalue weighted by Gasteiger charge is 2.21. The molecule has 0 bridgehead atoms. The van der Waals surface area contributed by atoms with Crippen molar-refractivity contribution in [2.45, 2.75) is 31.7 Å². The fourth-order valence-corrected chi connectivity index (χ4v) is 3.89. The highest BCUT2D eigenvalue weighted by Crippen LogP contribution is 2.30. The van der Waals surface area contributed by atoms with E-state index in [1.165, 1.54) is 30.0 Å². The van der Waals surface area contributed by atoms with Gasteiger partial charge in [-0.1, -0.05) is 41.6 Å². The summed E-state index contributed by atoms with van der Waals surface area (Å²) in [6, 6.07) is 11.3. The van der Waals surface area contributed by atoms with Gasteiger partial charge < -0.3 is 10.1 Å². The molecule has 0 saturated carbocycles. The standard InChI is InChI=1S/C22H22ClN5O4S/c1-4-10-27-21(15(3)32-19-11-14(2)8-9-18(19)23)25-26-22(27)33-13-20(29)24-16-6-5-7-17(12-16)28(30)31/h4-9,11-12,15H,1,10,13H2,2-3H3,(H,24,29). The largest absolute Gasteiger partial charge is 0.481 e. The SMILES string of the molecule is C=CCn1c(SCC(=O)Nc2cccc([N+](=O)[O-])c2)nnc1C(C)Oc1cc(C)ccc1Cl. The summed E-state index contributed by atoms with van der Waals surface area (Å²) in [4.78, 5) is 22.8. The fraction of sp³-hybridized carbons (Fsp3) is 0.227. The summed E-state index contributed by atoms with van der Waals surface area (Å²) in [5.74, 6) is 0.819. The number of nitrogens with zero attached hydrogens (tertiary/aromatic N) is 4. The number of carbonyl (C=O) groups is 1. The third-order valence-electron chi connectivity index (χ3n) is 4.48. The molecule has 0 aliphatic heterocycles. The first kappa shape index (κ1) is 24.3. The number of anilines is 1. The van der Waals surface area contributed by atoms with Crippen molar-refractivity contribution in [2.75, 3.05) is 11.1 Å². The molecule has 172 valence electrons. The minimum atomic E-state index is -0.517. The lowest BCUT2D eigenvalue weighted by Crippen LogP contribution is -2.15. The number of amides is 1.